The highest BCUT2D eigenvalue weighted by Gasteiger charge is 2.43. The van der Waals surface area contributed by atoms with E-state index in [2.05, 4.69) is 13.0 Å². The van der Waals surface area contributed by atoms with E-state index in [1.54, 1.807) is 6.92 Å². The smallest absolute Gasteiger partial charge is 0.347 e. The van der Waals surface area contributed by atoms with Gasteiger partial charge in [-0.05, 0) is 62.1 Å². The lowest BCUT2D eigenvalue weighted by Crippen LogP contribution is -2.44. The number of carbonyl (C=O) groups excluding carboxylic acids is 2. The number of rotatable bonds is 7. The van der Waals surface area contributed by atoms with Crippen molar-refractivity contribution < 1.29 is 34.0 Å². The van der Waals surface area contributed by atoms with Crippen molar-refractivity contribution in [2.45, 2.75) is 90.3 Å². The van der Waals surface area contributed by atoms with E-state index in [4.69, 9.17) is 14.2 Å². The number of hydrogen-bond acceptors (Lipinski definition) is 7. The second kappa shape index (κ2) is 11.2. The summed E-state index contributed by atoms with van der Waals surface area (Å²) in [5, 5.41) is 20.5. The zero-order valence-electron chi connectivity index (χ0n) is 21.6. The zero-order chi connectivity index (χ0) is 26.0. The molecule has 4 rings (SSSR count). The lowest BCUT2D eigenvalue weighted by atomic mass is 9.66. The van der Waals surface area contributed by atoms with Gasteiger partial charge in [0.2, 0.25) is 0 Å². The molecule has 1 aliphatic heterocycles. The molecule has 0 spiro atoms. The van der Waals surface area contributed by atoms with Crippen molar-refractivity contribution >= 4 is 11.9 Å². The molecular weight excluding hydrogens is 460 g/mol. The van der Waals surface area contributed by atoms with Crippen LogP contribution in [0, 0.1) is 31.6 Å². The van der Waals surface area contributed by atoms with E-state index in [9.17, 15) is 19.8 Å². The van der Waals surface area contributed by atoms with Gasteiger partial charge in [-0.3, -0.25) is 4.79 Å². The predicted molar refractivity (Wildman–Crippen MR) is 134 cm³/mol. The largest absolute Gasteiger partial charge is 0.478 e. The predicted octanol–water partition coefficient (Wildman–Crippen LogP) is 3.96. The number of aliphatic hydroxyl groups excluding tert-OH is 2. The quantitative estimate of drug-likeness (QED) is 0.549. The third-order valence-electron chi connectivity index (χ3n) is 7.73. The Balaban J connectivity index is 1.47. The van der Waals surface area contributed by atoms with Crippen LogP contribution in [0.1, 0.15) is 57.1 Å². The Bertz CT molecular complexity index is 1010. The number of esters is 2. The number of benzene rings is 1. The third-order valence-corrected chi connectivity index (χ3v) is 7.73. The molecule has 1 fully saturated rings. The van der Waals surface area contributed by atoms with Gasteiger partial charge < -0.3 is 24.4 Å². The number of aliphatic hydroxyl groups is 2. The number of fused-ring (bicyclic) bond motifs is 1. The molecule has 196 valence electrons. The van der Waals surface area contributed by atoms with Crippen molar-refractivity contribution in [3.63, 3.8) is 0 Å². The number of carbonyl (C=O) groups is 2. The molecule has 2 aliphatic carbocycles. The van der Waals surface area contributed by atoms with Gasteiger partial charge in [0.25, 0.3) is 0 Å². The molecular formula is C29H38O7. The first-order valence-electron chi connectivity index (χ1n) is 13.0. The van der Waals surface area contributed by atoms with Crippen molar-refractivity contribution in [2.75, 3.05) is 0 Å². The molecule has 1 saturated heterocycles. The average Bonchev–Trinajstić information content (AvgIpc) is 2.80. The molecule has 1 aromatic carbocycles. The number of allylic oxidation sites excluding steroid dienone is 2. The molecule has 7 heteroatoms. The first kappa shape index (κ1) is 26.4. The van der Waals surface area contributed by atoms with Crippen LogP contribution in [0.15, 0.2) is 42.0 Å². The standard InChI is InChI=1S/C29H38O7/c1-16-8-9-20-12-21(30)14-25(27(20)24(16)11-10-23-13-22(31)15-26(32)35-23)36-29(33)19(4)34-28-17(2)6-5-7-18(28)3/h5-9,12,16,19,21-25,27,30-31H,10-11,13-15H2,1-4H3/t16?,19-,21?,22+,23+,24?,25?,27?/m0/s1. The minimum absolute atomic E-state index is 0.0484. The monoisotopic (exact) mass is 498 g/mol. The second-order valence-corrected chi connectivity index (χ2v) is 10.6. The molecule has 5 unspecified atom stereocenters. The molecule has 0 saturated carbocycles. The highest BCUT2D eigenvalue weighted by atomic mass is 16.6. The Hall–Kier alpha value is -2.64. The summed E-state index contributed by atoms with van der Waals surface area (Å²) in [5.74, 6) is 0.148. The van der Waals surface area contributed by atoms with Crippen molar-refractivity contribution in [2.24, 2.45) is 17.8 Å². The Morgan fingerprint density at radius 3 is 2.58 bits per heavy atom. The normalized spacial score (nSPS) is 32.7. The van der Waals surface area contributed by atoms with Crippen LogP contribution < -0.4 is 4.74 Å². The molecule has 1 aromatic rings. The second-order valence-electron chi connectivity index (χ2n) is 10.6. The summed E-state index contributed by atoms with van der Waals surface area (Å²) >= 11 is 0. The Morgan fingerprint density at radius 1 is 1.17 bits per heavy atom. The summed E-state index contributed by atoms with van der Waals surface area (Å²) < 4.78 is 17.5. The maximum atomic E-state index is 13.1. The van der Waals surface area contributed by atoms with Gasteiger partial charge in [-0.1, -0.05) is 43.4 Å². The lowest BCUT2D eigenvalue weighted by molar-refractivity contribution is -0.164. The van der Waals surface area contributed by atoms with Gasteiger partial charge >= 0.3 is 11.9 Å². The van der Waals surface area contributed by atoms with E-state index in [-0.39, 0.29) is 36.2 Å². The van der Waals surface area contributed by atoms with Crippen molar-refractivity contribution in [1.82, 2.24) is 0 Å². The lowest BCUT2D eigenvalue weighted by Gasteiger charge is -2.43. The molecule has 36 heavy (non-hydrogen) atoms. The van der Waals surface area contributed by atoms with E-state index in [0.29, 0.717) is 25.0 Å². The van der Waals surface area contributed by atoms with Gasteiger partial charge in [-0.15, -0.1) is 0 Å². The first-order valence-corrected chi connectivity index (χ1v) is 13.0. The first-order chi connectivity index (χ1) is 17.1. The Morgan fingerprint density at radius 2 is 1.89 bits per heavy atom. The average molecular weight is 499 g/mol. The van der Waals surface area contributed by atoms with E-state index < -0.39 is 30.4 Å². The van der Waals surface area contributed by atoms with Crippen LogP contribution in [-0.2, 0) is 19.1 Å². The van der Waals surface area contributed by atoms with Gasteiger partial charge in [0, 0.05) is 18.8 Å². The van der Waals surface area contributed by atoms with Crippen molar-refractivity contribution in [1.29, 1.82) is 0 Å². The van der Waals surface area contributed by atoms with Crippen LogP contribution in [0.5, 0.6) is 5.75 Å². The molecule has 2 N–H and O–H groups in total. The van der Waals surface area contributed by atoms with E-state index in [1.807, 2.05) is 44.2 Å². The van der Waals surface area contributed by atoms with E-state index in [0.717, 1.165) is 23.1 Å². The summed E-state index contributed by atoms with van der Waals surface area (Å²) in [6.07, 6.45) is 5.23. The summed E-state index contributed by atoms with van der Waals surface area (Å²) in [6, 6.07) is 5.83. The number of cyclic esters (lactones) is 1. The van der Waals surface area contributed by atoms with Crippen LogP contribution in [0.4, 0.5) is 0 Å². The van der Waals surface area contributed by atoms with Gasteiger partial charge in [0.15, 0.2) is 6.10 Å². The maximum absolute atomic E-state index is 13.1. The molecule has 1 heterocycles. The van der Waals surface area contributed by atoms with Crippen LogP contribution >= 0.6 is 0 Å². The summed E-state index contributed by atoms with van der Waals surface area (Å²) in [5.41, 5.74) is 2.87. The molecule has 7 nitrogen and oxygen atoms in total. The van der Waals surface area contributed by atoms with Crippen LogP contribution in [0.25, 0.3) is 0 Å². The Kier molecular flexibility index (Phi) is 8.20. The van der Waals surface area contributed by atoms with E-state index >= 15 is 0 Å². The van der Waals surface area contributed by atoms with Crippen LogP contribution in [-0.4, -0.2) is 52.7 Å². The summed E-state index contributed by atoms with van der Waals surface area (Å²) in [6.45, 7) is 7.71. The van der Waals surface area contributed by atoms with E-state index in [1.165, 1.54) is 0 Å². The third kappa shape index (κ3) is 6.01. The van der Waals surface area contributed by atoms with Crippen molar-refractivity contribution in [3.8, 4) is 5.75 Å². The molecule has 0 aromatic heterocycles. The van der Waals surface area contributed by atoms with Gasteiger partial charge in [-0.2, -0.15) is 0 Å². The number of ether oxygens (including phenoxy) is 3. The summed E-state index contributed by atoms with van der Waals surface area (Å²) in [4.78, 5) is 24.9. The van der Waals surface area contributed by atoms with Crippen molar-refractivity contribution in [3.05, 3.63) is 53.1 Å². The van der Waals surface area contributed by atoms with Gasteiger partial charge in [-0.25, -0.2) is 4.79 Å². The number of hydrogen-bond donors (Lipinski definition) is 2. The molecule has 8 atom stereocenters. The molecule has 0 amide bonds. The zero-order valence-corrected chi connectivity index (χ0v) is 21.6. The van der Waals surface area contributed by atoms with Crippen LogP contribution in [0.3, 0.4) is 0 Å². The maximum Gasteiger partial charge on any atom is 0.347 e. The topological polar surface area (TPSA) is 102 Å². The van der Waals surface area contributed by atoms with Gasteiger partial charge in [0.1, 0.15) is 18.0 Å². The Labute approximate surface area is 213 Å². The highest BCUT2D eigenvalue weighted by molar-refractivity contribution is 5.75. The SMILES string of the molecule is Cc1cccc(C)c1O[C@@H](C)C(=O)OC1CC(O)C=C2C=CC(C)C(CC[C@@H]3C[C@@H](O)CC(=O)O3)C21. The number of aryl methyl sites for hydroxylation is 2. The fourth-order valence-corrected chi connectivity index (χ4v) is 5.86. The molecule has 0 bridgehead atoms. The molecule has 0 radical (unpaired) electrons. The van der Waals surface area contributed by atoms with Crippen LogP contribution in [0.2, 0.25) is 0 Å². The fourth-order valence-electron chi connectivity index (χ4n) is 5.86. The highest BCUT2D eigenvalue weighted by Crippen LogP contribution is 2.44. The minimum atomic E-state index is -0.797. The fraction of sp³-hybridized carbons (Fsp3) is 0.586. The number of para-hydroxylation sites is 1. The van der Waals surface area contributed by atoms with Gasteiger partial charge in [0.05, 0.1) is 18.6 Å². The molecule has 3 aliphatic rings. The summed E-state index contributed by atoms with van der Waals surface area (Å²) in [7, 11) is 0. The minimum Gasteiger partial charge on any atom is -0.478 e.